The van der Waals surface area contributed by atoms with E-state index in [0.29, 0.717) is 0 Å². The Balaban J connectivity index is 1.63. The van der Waals surface area contributed by atoms with Crippen LogP contribution in [0.1, 0.15) is 58.1 Å². The van der Waals surface area contributed by atoms with E-state index in [1.165, 1.54) is 0 Å². The molecular weight excluding hydrogens is 432 g/mol. The summed E-state index contributed by atoms with van der Waals surface area (Å²) in [6, 6.07) is 15.3. The van der Waals surface area contributed by atoms with Crippen LogP contribution in [0.2, 0.25) is 0 Å². The Morgan fingerprint density at radius 1 is 0.941 bits per heavy atom. The summed E-state index contributed by atoms with van der Waals surface area (Å²) in [4.78, 5) is 36.8. The highest BCUT2D eigenvalue weighted by Gasteiger charge is 2.35. The van der Waals surface area contributed by atoms with Gasteiger partial charge >= 0.3 is 12.1 Å². The largest absolute Gasteiger partial charge is 0.481 e. The van der Waals surface area contributed by atoms with Crippen LogP contribution in [0.3, 0.4) is 0 Å². The maximum absolute atomic E-state index is 12.8. The van der Waals surface area contributed by atoms with E-state index in [-0.39, 0.29) is 31.4 Å². The van der Waals surface area contributed by atoms with Gasteiger partial charge in [0.15, 0.2) is 0 Å². The van der Waals surface area contributed by atoms with Crippen LogP contribution in [0.15, 0.2) is 48.5 Å². The molecule has 0 bridgehead atoms. The Kier molecular flexibility index (Phi) is 7.34. The van der Waals surface area contributed by atoms with Crippen LogP contribution in [0, 0.1) is 10.8 Å². The molecule has 34 heavy (non-hydrogen) atoms. The molecular formula is C27H34N2O5. The van der Waals surface area contributed by atoms with Gasteiger partial charge in [-0.25, -0.2) is 4.79 Å². The molecule has 0 aromatic heterocycles. The highest BCUT2D eigenvalue weighted by Crippen LogP contribution is 2.44. The molecule has 0 heterocycles. The zero-order valence-electron chi connectivity index (χ0n) is 20.5. The fraction of sp³-hybridized carbons (Fsp3) is 0.444. The fourth-order valence-electron chi connectivity index (χ4n) is 4.14. The smallest absolute Gasteiger partial charge is 0.407 e. The minimum absolute atomic E-state index is 0.0710. The molecule has 7 heteroatoms. The van der Waals surface area contributed by atoms with E-state index < -0.39 is 28.9 Å². The standard InChI is InChI=1S/C27H34N2O5/c1-26(2,3)22(23(30)28-15-14-27(4,5)24(31)32)29-25(33)34-16-21-19-12-8-6-10-17(19)18-11-7-9-13-20(18)21/h6-13,21-22H,14-16H2,1-5H3,(H,28,30)(H,29,33)(H,31,32). The van der Waals surface area contributed by atoms with Crippen LogP contribution in [0.5, 0.6) is 0 Å². The molecule has 1 aliphatic rings. The molecule has 0 saturated carbocycles. The Morgan fingerprint density at radius 2 is 1.47 bits per heavy atom. The van der Waals surface area contributed by atoms with Crippen LogP contribution < -0.4 is 10.6 Å². The highest BCUT2D eigenvalue weighted by atomic mass is 16.5. The molecule has 1 aliphatic carbocycles. The second-order valence-electron chi connectivity index (χ2n) is 10.5. The molecule has 7 nitrogen and oxygen atoms in total. The van der Waals surface area contributed by atoms with Crippen molar-refractivity contribution in [3.05, 3.63) is 59.7 Å². The van der Waals surface area contributed by atoms with Gasteiger partial charge in [0.25, 0.3) is 0 Å². The molecule has 2 aromatic carbocycles. The van der Waals surface area contributed by atoms with Gasteiger partial charge in [-0.1, -0.05) is 69.3 Å². The van der Waals surface area contributed by atoms with Crippen molar-refractivity contribution in [3.63, 3.8) is 0 Å². The van der Waals surface area contributed by atoms with Crippen molar-refractivity contribution in [1.29, 1.82) is 0 Å². The lowest BCUT2D eigenvalue weighted by Gasteiger charge is -2.30. The zero-order valence-corrected chi connectivity index (χ0v) is 20.5. The highest BCUT2D eigenvalue weighted by molar-refractivity contribution is 5.86. The molecule has 0 aliphatic heterocycles. The topological polar surface area (TPSA) is 105 Å². The average Bonchev–Trinajstić information content (AvgIpc) is 3.08. The lowest BCUT2D eigenvalue weighted by molar-refractivity contribution is -0.147. The van der Waals surface area contributed by atoms with E-state index in [2.05, 4.69) is 22.8 Å². The summed E-state index contributed by atoms with van der Waals surface area (Å²) in [6.45, 7) is 9.12. The van der Waals surface area contributed by atoms with Gasteiger partial charge in [-0.2, -0.15) is 0 Å². The first kappa shape index (κ1) is 25.3. The number of ether oxygens (including phenoxy) is 1. The van der Waals surface area contributed by atoms with Crippen molar-refractivity contribution in [3.8, 4) is 11.1 Å². The number of amides is 2. The number of carbonyl (C=O) groups excluding carboxylic acids is 2. The predicted molar refractivity (Wildman–Crippen MR) is 130 cm³/mol. The maximum atomic E-state index is 12.8. The van der Waals surface area contributed by atoms with Crippen LogP contribution in [-0.4, -0.2) is 42.3 Å². The van der Waals surface area contributed by atoms with Crippen molar-refractivity contribution < 1.29 is 24.2 Å². The Labute approximate surface area is 200 Å². The van der Waals surface area contributed by atoms with Gasteiger partial charge in [0, 0.05) is 12.5 Å². The van der Waals surface area contributed by atoms with E-state index >= 15 is 0 Å². The molecule has 2 amide bonds. The number of aliphatic carboxylic acids is 1. The van der Waals surface area contributed by atoms with Crippen LogP contribution >= 0.6 is 0 Å². The molecule has 2 aromatic rings. The number of carboxylic acids is 1. The van der Waals surface area contributed by atoms with Crippen LogP contribution in [0.25, 0.3) is 11.1 Å². The number of carbonyl (C=O) groups is 3. The number of benzene rings is 2. The molecule has 3 rings (SSSR count). The number of nitrogens with one attached hydrogen (secondary N) is 2. The average molecular weight is 467 g/mol. The number of hydrogen-bond donors (Lipinski definition) is 3. The van der Waals surface area contributed by atoms with E-state index in [1.54, 1.807) is 13.8 Å². The number of alkyl carbamates (subject to hydrolysis) is 1. The summed E-state index contributed by atoms with van der Waals surface area (Å²) in [5.41, 5.74) is 2.99. The molecule has 1 unspecified atom stereocenters. The minimum Gasteiger partial charge on any atom is -0.481 e. The molecule has 3 N–H and O–H groups in total. The molecule has 1 atom stereocenters. The Hall–Kier alpha value is -3.35. The third-order valence-corrected chi connectivity index (χ3v) is 6.36. The minimum atomic E-state index is -0.954. The third kappa shape index (κ3) is 5.58. The summed E-state index contributed by atoms with van der Waals surface area (Å²) < 4.78 is 5.60. The number of rotatable bonds is 8. The van der Waals surface area contributed by atoms with Gasteiger partial charge in [-0.3, -0.25) is 9.59 Å². The summed E-state index contributed by atoms with van der Waals surface area (Å²) in [5.74, 6) is -1.37. The summed E-state index contributed by atoms with van der Waals surface area (Å²) in [6.07, 6.45) is -0.390. The first-order valence-corrected chi connectivity index (χ1v) is 11.5. The molecule has 0 radical (unpaired) electrons. The van der Waals surface area contributed by atoms with E-state index in [1.807, 2.05) is 57.2 Å². The van der Waals surface area contributed by atoms with Gasteiger partial charge in [0.05, 0.1) is 5.41 Å². The second-order valence-corrected chi connectivity index (χ2v) is 10.5. The van der Waals surface area contributed by atoms with Crippen molar-refractivity contribution in [2.75, 3.05) is 13.2 Å². The van der Waals surface area contributed by atoms with E-state index in [9.17, 15) is 19.5 Å². The van der Waals surface area contributed by atoms with Gasteiger partial charge in [-0.15, -0.1) is 0 Å². The van der Waals surface area contributed by atoms with E-state index in [0.717, 1.165) is 22.3 Å². The van der Waals surface area contributed by atoms with Gasteiger partial charge in [-0.05, 0) is 47.9 Å². The lowest BCUT2D eigenvalue weighted by Crippen LogP contribution is -2.54. The third-order valence-electron chi connectivity index (χ3n) is 6.36. The van der Waals surface area contributed by atoms with Crippen LogP contribution in [0.4, 0.5) is 4.79 Å². The molecule has 0 saturated heterocycles. The number of carboxylic acid groups (broad SMARTS) is 1. The number of hydrogen-bond acceptors (Lipinski definition) is 4. The van der Waals surface area contributed by atoms with Crippen molar-refractivity contribution >= 4 is 18.0 Å². The maximum Gasteiger partial charge on any atom is 0.407 e. The predicted octanol–water partition coefficient (Wildman–Crippen LogP) is 4.56. The molecule has 0 fully saturated rings. The first-order chi connectivity index (χ1) is 15.9. The summed E-state index contributed by atoms with van der Waals surface area (Å²) in [7, 11) is 0. The summed E-state index contributed by atoms with van der Waals surface area (Å²) in [5, 5.41) is 14.7. The normalized spacial score (nSPS) is 14.0. The quantitative estimate of drug-likeness (QED) is 0.529. The van der Waals surface area contributed by atoms with Gasteiger partial charge in [0.1, 0.15) is 12.6 Å². The zero-order chi connectivity index (χ0) is 25.1. The van der Waals surface area contributed by atoms with Crippen molar-refractivity contribution in [2.45, 2.75) is 53.0 Å². The Morgan fingerprint density at radius 3 is 1.97 bits per heavy atom. The first-order valence-electron chi connectivity index (χ1n) is 11.5. The van der Waals surface area contributed by atoms with Crippen molar-refractivity contribution in [2.24, 2.45) is 10.8 Å². The van der Waals surface area contributed by atoms with Crippen molar-refractivity contribution in [1.82, 2.24) is 10.6 Å². The molecule has 182 valence electrons. The second kappa shape index (κ2) is 9.87. The summed E-state index contributed by atoms with van der Waals surface area (Å²) >= 11 is 0. The van der Waals surface area contributed by atoms with Crippen LogP contribution in [-0.2, 0) is 14.3 Å². The fourth-order valence-corrected chi connectivity index (χ4v) is 4.14. The SMILES string of the molecule is CC(C)(CCNC(=O)C(NC(=O)OCC1c2ccccc2-c2ccccc21)C(C)(C)C)C(=O)O. The van der Waals surface area contributed by atoms with Gasteiger partial charge < -0.3 is 20.5 Å². The van der Waals surface area contributed by atoms with Gasteiger partial charge in [0.2, 0.25) is 5.91 Å². The van der Waals surface area contributed by atoms with E-state index in [4.69, 9.17) is 4.74 Å². The Bertz CT molecular complexity index is 1030. The lowest BCUT2D eigenvalue weighted by atomic mass is 9.86. The monoisotopic (exact) mass is 466 g/mol. The molecule has 0 spiro atoms. The number of fused-ring (bicyclic) bond motifs is 3.